The van der Waals surface area contributed by atoms with E-state index in [4.69, 9.17) is 5.73 Å². The zero-order valence-corrected chi connectivity index (χ0v) is 10.5. The molecule has 19 heavy (non-hydrogen) atoms. The summed E-state index contributed by atoms with van der Waals surface area (Å²) in [5, 5.41) is 19.2. The Labute approximate surface area is 110 Å². The molecular weight excluding hydrogens is 250 g/mol. The van der Waals surface area contributed by atoms with Gasteiger partial charge >= 0.3 is 11.9 Å². The monoisotopic (exact) mass is 267 g/mol. The number of hydrogen-bond donors (Lipinski definition) is 3. The number of carbonyl (C=O) groups is 3. The predicted octanol–water partition coefficient (Wildman–Crippen LogP) is 0.454. The molecule has 4 N–H and O–H groups in total. The fourth-order valence-corrected chi connectivity index (χ4v) is 5.28. The van der Waals surface area contributed by atoms with Gasteiger partial charge in [0, 0.05) is 0 Å². The summed E-state index contributed by atoms with van der Waals surface area (Å²) in [6.45, 7) is 0. The molecule has 4 fully saturated rings. The van der Waals surface area contributed by atoms with Crippen LogP contribution in [-0.4, -0.2) is 28.1 Å². The van der Waals surface area contributed by atoms with Crippen molar-refractivity contribution in [1.29, 1.82) is 0 Å². The van der Waals surface area contributed by atoms with Crippen molar-refractivity contribution in [2.24, 2.45) is 34.3 Å². The minimum atomic E-state index is -2.02. The minimum absolute atomic E-state index is 0.247. The van der Waals surface area contributed by atoms with Gasteiger partial charge in [-0.3, -0.25) is 14.4 Å². The third-order valence-electron chi connectivity index (χ3n) is 5.69. The molecule has 0 aromatic rings. The molecule has 6 nitrogen and oxygen atoms in total. The van der Waals surface area contributed by atoms with Crippen molar-refractivity contribution in [3.63, 3.8) is 0 Å². The number of amides is 1. The van der Waals surface area contributed by atoms with E-state index in [-0.39, 0.29) is 11.8 Å². The smallest absolute Gasteiger partial charge is 0.322 e. The van der Waals surface area contributed by atoms with Gasteiger partial charge in [-0.1, -0.05) is 0 Å². The third-order valence-corrected chi connectivity index (χ3v) is 5.69. The van der Waals surface area contributed by atoms with Crippen molar-refractivity contribution < 1.29 is 24.6 Å². The molecule has 0 heterocycles. The van der Waals surface area contributed by atoms with Gasteiger partial charge in [0.05, 0.1) is 5.41 Å². The second-order valence-corrected chi connectivity index (χ2v) is 6.41. The van der Waals surface area contributed by atoms with E-state index >= 15 is 0 Å². The summed E-state index contributed by atoms with van der Waals surface area (Å²) >= 11 is 0. The van der Waals surface area contributed by atoms with E-state index in [0.717, 1.165) is 6.42 Å². The summed E-state index contributed by atoms with van der Waals surface area (Å²) in [6, 6.07) is 0. The molecule has 0 aliphatic heterocycles. The van der Waals surface area contributed by atoms with Crippen LogP contribution < -0.4 is 5.73 Å². The zero-order valence-electron chi connectivity index (χ0n) is 10.5. The number of hydrogen-bond acceptors (Lipinski definition) is 3. The molecule has 2 atom stereocenters. The van der Waals surface area contributed by atoms with Crippen LogP contribution in [0.25, 0.3) is 0 Å². The van der Waals surface area contributed by atoms with Crippen LogP contribution in [0, 0.1) is 28.6 Å². The van der Waals surface area contributed by atoms with Crippen LogP contribution in [-0.2, 0) is 14.4 Å². The van der Waals surface area contributed by atoms with Crippen LogP contribution in [0.1, 0.15) is 32.1 Å². The van der Waals surface area contributed by atoms with Crippen molar-refractivity contribution >= 4 is 17.8 Å². The first kappa shape index (κ1) is 12.4. The van der Waals surface area contributed by atoms with E-state index in [1.54, 1.807) is 0 Å². The summed E-state index contributed by atoms with van der Waals surface area (Å²) in [7, 11) is 0. The van der Waals surface area contributed by atoms with Crippen LogP contribution in [0.15, 0.2) is 0 Å². The van der Waals surface area contributed by atoms with Gasteiger partial charge in [-0.15, -0.1) is 0 Å². The Morgan fingerprint density at radius 1 is 0.947 bits per heavy atom. The number of carbonyl (C=O) groups excluding carboxylic acids is 1. The molecule has 4 bridgehead atoms. The number of nitrogens with two attached hydrogens (primary N) is 1. The first-order valence-electron chi connectivity index (χ1n) is 6.61. The molecule has 4 aliphatic carbocycles. The van der Waals surface area contributed by atoms with Gasteiger partial charge in [-0.25, -0.2) is 0 Å². The van der Waals surface area contributed by atoms with Gasteiger partial charge in [0.1, 0.15) is 0 Å². The van der Waals surface area contributed by atoms with E-state index in [0.29, 0.717) is 25.7 Å². The molecule has 104 valence electrons. The zero-order chi connectivity index (χ0) is 14.0. The molecule has 0 saturated heterocycles. The number of rotatable bonds is 3. The maximum atomic E-state index is 12.0. The maximum Gasteiger partial charge on any atom is 0.322 e. The summed E-state index contributed by atoms with van der Waals surface area (Å²) < 4.78 is 0. The van der Waals surface area contributed by atoms with E-state index < -0.39 is 34.6 Å². The average Bonchev–Trinajstić information content (AvgIpc) is 2.26. The second kappa shape index (κ2) is 3.49. The normalized spacial score (nSPS) is 42.0. The van der Waals surface area contributed by atoms with Crippen LogP contribution in [0.2, 0.25) is 0 Å². The quantitative estimate of drug-likeness (QED) is 0.642. The lowest BCUT2D eigenvalue weighted by atomic mass is 9.38. The topological polar surface area (TPSA) is 118 Å². The average molecular weight is 267 g/mol. The Bertz CT molecular complexity index is 457. The Kier molecular flexibility index (Phi) is 2.29. The van der Waals surface area contributed by atoms with Gasteiger partial charge in [-0.2, -0.15) is 0 Å². The fraction of sp³-hybridized carbons (Fsp3) is 0.769. The van der Waals surface area contributed by atoms with E-state index in [1.165, 1.54) is 0 Å². The van der Waals surface area contributed by atoms with Crippen LogP contribution in [0.5, 0.6) is 0 Å². The van der Waals surface area contributed by atoms with Gasteiger partial charge in [0.2, 0.25) is 5.91 Å². The third kappa shape index (κ3) is 1.19. The molecule has 6 heteroatoms. The molecule has 1 amide bonds. The lowest BCUT2D eigenvalue weighted by molar-refractivity contribution is -0.215. The molecule has 4 aliphatic rings. The Morgan fingerprint density at radius 3 is 1.79 bits per heavy atom. The van der Waals surface area contributed by atoms with Gasteiger partial charge in [0.25, 0.3) is 0 Å². The lowest BCUT2D eigenvalue weighted by Gasteiger charge is -2.62. The number of aliphatic carboxylic acids is 2. The number of carboxylic acids is 2. The van der Waals surface area contributed by atoms with Crippen LogP contribution >= 0.6 is 0 Å². The highest BCUT2D eigenvalue weighted by atomic mass is 16.4. The number of carboxylic acid groups (broad SMARTS) is 2. The second-order valence-electron chi connectivity index (χ2n) is 6.41. The summed E-state index contributed by atoms with van der Waals surface area (Å²) in [6.07, 6.45) is 2.77. The fourth-order valence-electron chi connectivity index (χ4n) is 5.28. The first-order chi connectivity index (χ1) is 8.84. The Hall–Kier alpha value is -1.59. The summed E-state index contributed by atoms with van der Waals surface area (Å²) in [4.78, 5) is 35.5. The van der Waals surface area contributed by atoms with Crippen molar-refractivity contribution in [3.05, 3.63) is 0 Å². The van der Waals surface area contributed by atoms with E-state index in [9.17, 15) is 24.6 Å². The van der Waals surface area contributed by atoms with Crippen molar-refractivity contribution in [1.82, 2.24) is 0 Å². The molecule has 4 rings (SSSR count). The highest BCUT2D eigenvalue weighted by Gasteiger charge is 2.75. The minimum Gasteiger partial charge on any atom is -0.480 e. The molecule has 2 unspecified atom stereocenters. The molecule has 0 aromatic heterocycles. The summed E-state index contributed by atoms with van der Waals surface area (Å²) in [5.74, 6) is -3.53. The molecule has 0 aromatic carbocycles. The molecular formula is C13H17NO5. The Morgan fingerprint density at radius 2 is 1.42 bits per heavy atom. The molecule has 0 radical (unpaired) electrons. The van der Waals surface area contributed by atoms with Crippen molar-refractivity contribution in [2.75, 3.05) is 0 Å². The SMILES string of the molecule is NC(=O)C12CC3CC(CC(C3)C1(C(=O)O)C(=O)O)C2. The lowest BCUT2D eigenvalue weighted by Crippen LogP contribution is -2.70. The van der Waals surface area contributed by atoms with Gasteiger partial charge < -0.3 is 15.9 Å². The van der Waals surface area contributed by atoms with E-state index in [2.05, 4.69) is 0 Å². The number of primary amides is 1. The first-order valence-corrected chi connectivity index (χ1v) is 6.61. The molecule has 4 saturated carbocycles. The van der Waals surface area contributed by atoms with Crippen LogP contribution in [0.4, 0.5) is 0 Å². The van der Waals surface area contributed by atoms with Gasteiger partial charge in [-0.05, 0) is 49.9 Å². The van der Waals surface area contributed by atoms with Crippen molar-refractivity contribution in [2.45, 2.75) is 32.1 Å². The summed E-state index contributed by atoms with van der Waals surface area (Å²) in [5.41, 5.74) is 2.05. The maximum absolute atomic E-state index is 12.0. The largest absolute Gasteiger partial charge is 0.480 e. The van der Waals surface area contributed by atoms with Crippen LogP contribution in [0.3, 0.4) is 0 Å². The highest BCUT2D eigenvalue weighted by molar-refractivity contribution is 6.06. The Balaban J connectivity index is 2.23. The van der Waals surface area contributed by atoms with Crippen molar-refractivity contribution in [3.8, 4) is 0 Å². The molecule has 0 spiro atoms. The highest BCUT2D eigenvalue weighted by Crippen LogP contribution is 2.68. The van der Waals surface area contributed by atoms with Gasteiger partial charge in [0.15, 0.2) is 5.41 Å². The van der Waals surface area contributed by atoms with E-state index in [1.807, 2.05) is 0 Å². The standard InChI is InChI=1S/C13H17NO5/c14-9(15)12-4-6-1-7(5-12)3-8(2-6)13(12,10(16)17)11(18)19/h6-8H,1-5H2,(H2,14,15)(H,16,17)(H,18,19). The predicted molar refractivity (Wildman–Crippen MR) is 62.9 cm³/mol.